The van der Waals surface area contributed by atoms with Crippen molar-refractivity contribution in [1.82, 2.24) is 19.6 Å². The molecule has 3 atom stereocenters. The fraction of sp³-hybridized carbons (Fsp3) is 0.923. The predicted octanol–water partition coefficient (Wildman–Crippen LogP) is -1.78. The number of ketones is 1. The van der Waals surface area contributed by atoms with Gasteiger partial charge in [0, 0.05) is 39.3 Å². The van der Waals surface area contributed by atoms with Gasteiger partial charge in [0.05, 0.1) is 31.5 Å². The van der Waals surface area contributed by atoms with Gasteiger partial charge >= 0.3 is 0 Å². The highest BCUT2D eigenvalue weighted by Crippen LogP contribution is 2.33. The lowest BCUT2D eigenvalue weighted by molar-refractivity contribution is -0.198. The van der Waals surface area contributed by atoms with E-state index in [-0.39, 0.29) is 18.4 Å². The van der Waals surface area contributed by atoms with Crippen molar-refractivity contribution in [3.05, 3.63) is 0 Å². The molecule has 1 N–H and O–H groups in total. The molecule has 4 heterocycles. The summed E-state index contributed by atoms with van der Waals surface area (Å²) in [5.74, 6) is 0.191. The van der Waals surface area contributed by atoms with Gasteiger partial charge in [-0.2, -0.15) is 0 Å². The summed E-state index contributed by atoms with van der Waals surface area (Å²) in [5.41, 5.74) is 0. The Morgan fingerprint density at radius 1 is 0.947 bits per heavy atom. The lowest BCUT2D eigenvalue weighted by Crippen LogP contribution is -2.80. The minimum Gasteiger partial charge on any atom is -0.394 e. The molecule has 106 valence electrons. The highest BCUT2D eigenvalue weighted by Gasteiger charge is 2.52. The van der Waals surface area contributed by atoms with Crippen LogP contribution in [0.4, 0.5) is 0 Å². The second-order valence-corrected chi connectivity index (χ2v) is 6.13. The van der Waals surface area contributed by atoms with Crippen LogP contribution >= 0.6 is 0 Å². The quantitative estimate of drug-likeness (QED) is 0.606. The molecule has 4 aliphatic heterocycles. The monoisotopic (exact) mass is 266 g/mol. The summed E-state index contributed by atoms with van der Waals surface area (Å²) in [6.45, 7) is 6.82. The van der Waals surface area contributed by atoms with E-state index in [0.717, 1.165) is 26.2 Å². The molecule has 6 nitrogen and oxygen atoms in total. The second kappa shape index (κ2) is 4.49. The van der Waals surface area contributed by atoms with Gasteiger partial charge in [-0.3, -0.25) is 24.4 Å². The number of nitrogens with zero attached hydrogens (tertiary/aromatic N) is 4. The van der Waals surface area contributed by atoms with Crippen LogP contribution in [0.5, 0.6) is 0 Å². The molecule has 4 fully saturated rings. The highest BCUT2D eigenvalue weighted by atomic mass is 16.3. The fourth-order valence-corrected chi connectivity index (χ4v) is 4.38. The smallest absolute Gasteiger partial charge is 0.166 e. The Balaban J connectivity index is 1.68. The Morgan fingerprint density at radius 3 is 2.37 bits per heavy atom. The van der Waals surface area contributed by atoms with Crippen LogP contribution in [0.1, 0.15) is 6.42 Å². The molecule has 0 aromatic heterocycles. The molecule has 0 aromatic rings. The van der Waals surface area contributed by atoms with Crippen LogP contribution in [0.3, 0.4) is 0 Å². The zero-order valence-electron chi connectivity index (χ0n) is 11.2. The number of carbonyl (C=O) groups is 1. The van der Waals surface area contributed by atoms with Crippen LogP contribution in [0.15, 0.2) is 0 Å². The minimum absolute atomic E-state index is 0.0319. The maximum absolute atomic E-state index is 12.2. The van der Waals surface area contributed by atoms with Crippen LogP contribution in [0.2, 0.25) is 0 Å². The maximum atomic E-state index is 12.2. The first-order valence-corrected chi connectivity index (χ1v) is 7.41. The molecular weight excluding hydrogens is 244 g/mol. The number of carbonyl (C=O) groups excluding carboxylic acids is 1. The Morgan fingerprint density at radius 2 is 1.63 bits per heavy atom. The predicted molar refractivity (Wildman–Crippen MR) is 69.5 cm³/mol. The summed E-state index contributed by atoms with van der Waals surface area (Å²) in [6, 6.07) is -0.273. The molecule has 4 rings (SSSR count). The van der Waals surface area contributed by atoms with Gasteiger partial charge in [-0.05, 0) is 6.42 Å². The van der Waals surface area contributed by atoms with Crippen molar-refractivity contribution in [3.63, 3.8) is 0 Å². The first-order valence-electron chi connectivity index (χ1n) is 7.41. The normalized spacial score (nSPS) is 41.3. The van der Waals surface area contributed by atoms with Crippen molar-refractivity contribution in [2.75, 3.05) is 52.4 Å². The van der Waals surface area contributed by atoms with Gasteiger partial charge in [-0.1, -0.05) is 0 Å². The van der Waals surface area contributed by atoms with Crippen molar-refractivity contribution in [3.8, 4) is 0 Å². The van der Waals surface area contributed by atoms with Crippen LogP contribution in [-0.2, 0) is 4.79 Å². The second-order valence-electron chi connectivity index (χ2n) is 6.13. The van der Waals surface area contributed by atoms with Crippen molar-refractivity contribution in [2.24, 2.45) is 0 Å². The average Bonchev–Trinajstić information content (AvgIpc) is 2.44. The van der Waals surface area contributed by atoms with Crippen molar-refractivity contribution in [2.45, 2.75) is 24.8 Å². The van der Waals surface area contributed by atoms with E-state index in [2.05, 4.69) is 19.6 Å². The average molecular weight is 266 g/mol. The Kier molecular flexibility index (Phi) is 2.89. The van der Waals surface area contributed by atoms with E-state index in [4.69, 9.17) is 0 Å². The zero-order valence-corrected chi connectivity index (χ0v) is 11.2. The fourth-order valence-electron chi connectivity index (χ4n) is 4.38. The Bertz CT molecular complexity index is 385. The third kappa shape index (κ3) is 1.71. The molecule has 3 unspecified atom stereocenters. The van der Waals surface area contributed by atoms with Gasteiger partial charge in [-0.25, -0.2) is 0 Å². The summed E-state index contributed by atoms with van der Waals surface area (Å²) in [7, 11) is 0. The molecule has 6 heteroatoms. The van der Waals surface area contributed by atoms with E-state index in [9.17, 15) is 9.90 Å². The van der Waals surface area contributed by atoms with E-state index in [1.165, 1.54) is 19.5 Å². The van der Waals surface area contributed by atoms with Crippen LogP contribution in [-0.4, -0.2) is 101 Å². The molecular formula is C13H22N4O2. The summed E-state index contributed by atoms with van der Waals surface area (Å²) in [5, 5.41) is 9.56. The third-order valence-electron chi connectivity index (χ3n) is 5.24. The molecule has 0 aromatic carbocycles. The molecule has 0 aliphatic carbocycles. The van der Waals surface area contributed by atoms with Gasteiger partial charge < -0.3 is 5.11 Å². The molecule has 4 aliphatic rings. The standard InChI is InChI=1S/C13H22N4O2/c18-9-10-11(19)8-16-5-4-14-2-1-3-15-6-7-17(10)13(16)12(14)15/h10,12-13,18H,1-9H2. The van der Waals surface area contributed by atoms with E-state index in [0.29, 0.717) is 18.9 Å². The third-order valence-corrected chi connectivity index (χ3v) is 5.24. The van der Waals surface area contributed by atoms with E-state index < -0.39 is 0 Å². The van der Waals surface area contributed by atoms with E-state index >= 15 is 0 Å². The number of rotatable bonds is 1. The van der Waals surface area contributed by atoms with Crippen molar-refractivity contribution >= 4 is 5.78 Å². The largest absolute Gasteiger partial charge is 0.394 e. The lowest BCUT2D eigenvalue weighted by atomic mass is 9.96. The molecule has 0 bridgehead atoms. The molecule has 19 heavy (non-hydrogen) atoms. The van der Waals surface area contributed by atoms with Gasteiger partial charge in [0.15, 0.2) is 5.78 Å². The summed E-state index contributed by atoms with van der Waals surface area (Å²) in [4.78, 5) is 21.9. The van der Waals surface area contributed by atoms with Crippen LogP contribution in [0.25, 0.3) is 0 Å². The minimum atomic E-state index is -0.273. The number of piperazine rings is 2. The molecule has 4 saturated heterocycles. The molecule has 0 saturated carbocycles. The van der Waals surface area contributed by atoms with Crippen molar-refractivity contribution < 1.29 is 9.90 Å². The first-order chi connectivity index (χ1) is 9.29. The van der Waals surface area contributed by atoms with E-state index in [1.54, 1.807) is 0 Å². The maximum Gasteiger partial charge on any atom is 0.166 e. The number of aliphatic hydroxyl groups excluding tert-OH is 1. The number of aliphatic hydroxyl groups is 1. The zero-order chi connectivity index (χ0) is 13.0. The summed E-state index contributed by atoms with van der Waals surface area (Å²) in [6.07, 6.45) is 1.99. The van der Waals surface area contributed by atoms with E-state index in [1.807, 2.05) is 0 Å². The number of Topliss-reactive ketones (excluding diaryl/α,β-unsaturated/α-hetero) is 1. The topological polar surface area (TPSA) is 50.3 Å². The van der Waals surface area contributed by atoms with Gasteiger partial charge in [0.25, 0.3) is 0 Å². The van der Waals surface area contributed by atoms with Gasteiger partial charge in [-0.15, -0.1) is 0 Å². The lowest BCUT2D eigenvalue weighted by Gasteiger charge is -2.62. The van der Waals surface area contributed by atoms with Gasteiger partial charge in [0.2, 0.25) is 0 Å². The Hall–Kier alpha value is -0.530. The first kappa shape index (κ1) is 12.2. The molecule has 0 spiro atoms. The number of hydrogen-bond donors (Lipinski definition) is 1. The Labute approximate surface area is 113 Å². The number of hydrogen-bond acceptors (Lipinski definition) is 6. The highest BCUT2D eigenvalue weighted by molar-refractivity contribution is 5.87. The van der Waals surface area contributed by atoms with Crippen LogP contribution < -0.4 is 0 Å². The van der Waals surface area contributed by atoms with Gasteiger partial charge in [0.1, 0.15) is 0 Å². The summed E-state index contributed by atoms with van der Waals surface area (Å²) >= 11 is 0. The van der Waals surface area contributed by atoms with Crippen LogP contribution in [0, 0.1) is 0 Å². The SMILES string of the molecule is O=C1CN2CCN3CCCN4CCN(C1CO)C2C34. The molecule has 0 radical (unpaired) electrons. The summed E-state index contributed by atoms with van der Waals surface area (Å²) < 4.78 is 0. The van der Waals surface area contributed by atoms with Crippen molar-refractivity contribution in [1.29, 1.82) is 0 Å². The molecule has 0 amide bonds.